The van der Waals surface area contributed by atoms with Crippen LogP contribution in [0, 0.1) is 0 Å². The fourth-order valence-corrected chi connectivity index (χ4v) is 3.44. The number of para-hydroxylation sites is 1. The van der Waals surface area contributed by atoms with Gasteiger partial charge in [0.2, 0.25) is 0 Å². The topological polar surface area (TPSA) is 97.6 Å². The summed E-state index contributed by atoms with van der Waals surface area (Å²) < 4.78 is 10.6. The molecule has 0 fully saturated rings. The summed E-state index contributed by atoms with van der Waals surface area (Å²) >= 11 is 0. The number of anilines is 1. The van der Waals surface area contributed by atoms with Gasteiger partial charge >= 0.3 is 0 Å². The van der Waals surface area contributed by atoms with Crippen molar-refractivity contribution >= 4 is 35.4 Å². The Hall–Kier alpha value is -5.17. The van der Waals surface area contributed by atoms with E-state index >= 15 is 0 Å². The van der Waals surface area contributed by atoms with Gasteiger partial charge in [-0.1, -0.05) is 36.4 Å². The lowest BCUT2D eigenvalue weighted by Crippen LogP contribution is -2.30. The molecule has 0 unspecified atom stereocenters. The van der Waals surface area contributed by atoms with Gasteiger partial charge in [-0.3, -0.25) is 14.4 Å². The second-order valence-corrected chi connectivity index (χ2v) is 7.86. The van der Waals surface area contributed by atoms with Gasteiger partial charge < -0.3 is 19.8 Å². The maximum atomic E-state index is 13.0. The Morgan fingerprint density at radius 2 is 1.54 bits per heavy atom. The molecule has 0 aliphatic rings. The van der Waals surface area contributed by atoms with Gasteiger partial charge in [0.1, 0.15) is 17.2 Å². The monoisotopic (exact) mass is 492 g/mol. The second-order valence-electron chi connectivity index (χ2n) is 7.86. The van der Waals surface area contributed by atoms with E-state index in [9.17, 15) is 14.4 Å². The van der Waals surface area contributed by atoms with E-state index < -0.39 is 11.8 Å². The van der Waals surface area contributed by atoms with Crippen LogP contribution in [-0.2, 0) is 4.79 Å². The highest BCUT2D eigenvalue weighted by atomic mass is 16.5. The lowest BCUT2D eigenvalue weighted by Gasteiger charge is -2.11. The number of ketones is 1. The van der Waals surface area contributed by atoms with Gasteiger partial charge in [-0.2, -0.15) is 0 Å². The molecule has 7 nitrogen and oxygen atoms in total. The molecule has 0 atom stereocenters. The van der Waals surface area contributed by atoms with Gasteiger partial charge in [0.15, 0.2) is 5.78 Å². The summed E-state index contributed by atoms with van der Waals surface area (Å²) in [6.45, 7) is 0. The zero-order valence-electron chi connectivity index (χ0n) is 20.0. The van der Waals surface area contributed by atoms with Gasteiger partial charge in [0.05, 0.1) is 13.4 Å². The largest absolute Gasteiger partial charge is 0.496 e. The predicted octanol–water partition coefficient (Wildman–Crippen LogP) is 5.59. The molecule has 4 rings (SSSR count). The van der Waals surface area contributed by atoms with Crippen molar-refractivity contribution in [2.75, 3.05) is 12.4 Å². The number of methoxy groups -OCH3 is 1. The molecule has 1 heterocycles. The van der Waals surface area contributed by atoms with Crippen LogP contribution >= 0.6 is 0 Å². The molecule has 0 aliphatic heterocycles. The Morgan fingerprint density at radius 1 is 0.811 bits per heavy atom. The fraction of sp³-hybridized carbons (Fsp3) is 0.0333. The van der Waals surface area contributed by atoms with Crippen LogP contribution in [0.2, 0.25) is 0 Å². The minimum Gasteiger partial charge on any atom is -0.496 e. The Bertz CT molecular complexity index is 1440. The highest BCUT2D eigenvalue weighted by Crippen LogP contribution is 2.19. The summed E-state index contributed by atoms with van der Waals surface area (Å²) in [5.74, 6) is -0.104. The molecular weight excluding hydrogens is 468 g/mol. The summed E-state index contributed by atoms with van der Waals surface area (Å²) in [6.07, 6.45) is 6.07. The van der Waals surface area contributed by atoms with Gasteiger partial charge in [-0.05, 0) is 66.7 Å². The molecule has 1 aromatic heterocycles. The number of hydrogen-bond donors (Lipinski definition) is 2. The highest BCUT2D eigenvalue weighted by Gasteiger charge is 2.16. The first-order valence-corrected chi connectivity index (χ1v) is 11.4. The molecule has 0 saturated carbocycles. The normalized spacial score (nSPS) is 11.2. The summed E-state index contributed by atoms with van der Waals surface area (Å²) in [6, 6.07) is 25.8. The van der Waals surface area contributed by atoms with Crippen molar-refractivity contribution in [1.82, 2.24) is 5.32 Å². The van der Waals surface area contributed by atoms with Crippen molar-refractivity contribution in [3.8, 4) is 5.75 Å². The average Bonchev–Trinajstić information content (AvgIpc) is 3.45. The van der Waals surface area contributed by atoms with E-state index in [0.717, 1.165) is 5.56 Å². The highest BCUT2D eigenvalue weighted by molar-refractivity contribution is 6.11. The number of carbonyl (C=O) groups is 3. The van der Waals surface area contributed by atoms with Crippen LogP contribution in [0.5, 0.6) is 5.75 Å². The number of amides is 2. The smallest absolute Gasteiger partial charge is 0.272 e. The van der Waals surface area contributed by atoms with E-state index in [0.29, 0.717) is 28.3 Å². The molecule has 3 aromatic carbocycles. The summed E-state index contributed by atoms with van der Waals surface area (Å²) in [7, 11) is 1.57. The molecule has 2 N–H and O–H groups in total. The van der Waals surface area contributed by atoms with E-state index in [-0.39, 0.29) is 11.5 Å². The number of ether oxygens (including phenoxy) is 1. The Labute approximate surface area is 214 Å². The van der Waals surface area contributed by atoms with Crippen LogP contribution in [0.3, 0.4) is 0 Å². The molecule has 4 aromatic rings. The quantitative estimate of drug-likeness (QED) is 0.234. The third-order valence-electron chi connectivity index (χ3n) is 5.34. The lowest BCUT2D eigenvalue weighted by atomic mass is 10.1. The van der Waals surface area contributed by atoms with E-state index in [1.807, 2.05) is 24.3 Å². The van der Waals surface area contributed by atoms with E-state index in [1.165, 1.54) is 18.4 Å². The van der Waals surface area contributed by atoms with Crippen LogP contribution in [0.4, 0.5) is 5.69 Å². The van der Waals surface area contributed by atoms with E-state index in [4.69, 9.17) is 9.15 Å². The van der Waals surface area contributed by atoms with Crippen molar-refractivity contribution in [2.45, 2.75) is 0 Å². The Balaban J connectivity index is 1.46. The SMILES string of the molecule is COc1ccccc1/C=C/C(=O)c1ccc(NC(=O)/C(=C/c2ccco2)NC(=O)c2ccccc2)cc1. The van der Waals surface area contributed by atoms with Crippen molar-refractivity contribution in [2.24, 2.45) is 0 Å². The molecular formula is C30H24N2O5. The minimum absolute atomic E-state index is 0.00342. The number of furan rings is 1. The molecule has 0 radical (unpaired) electrons. The molecule has 0 aliphatic carbocycles. The maximum absolute atomic E-state index is 13.0. The van der Waals surface area contributed by atoms with E-state index in [2.05, 4.69) is 10.6 Å². The van der Waals surface area contributed by atoms with Crippen LogP contribution in [0.1, 0.15) is 32.0 Å². The molecule has 37 heavy (non-hydrogen) atoms. The Kier molecular flexibility index (Phi) is 8.08. The van der Waals surface area contributed by atoms with Crippen LogP contribution in [-0.4, -0.2) is 24.7 Å². The molecule has 2 amide bonds. The molecule has 0 bridgehead atoms. The Morgan fingerprint density at radius 3 is 2.24 bits per heavy atom. The number of benzene rings is 3. The first-order chi connectivity index (χ1) is 18.0. The third kappa shape index (κ3) is 6.70. The minimum atomic E-state index is -0.546. The molecule has 7 heteroatoms. The van der Waals surface area contributed by atoms with Crippen molar-refractivity contribution in [1.29, 1.82) is 0 Å². The van der Waals surface area contributed by atoms with Gasteiger partial charge in [-0.15, -0.1) is 0 Å². The van der Waals surface area contributed by atoms with Gasteiger partial charge in [0, 0.05) is 28.5 Å². The summed E-state index contributed by atoms with van der Waals surface area (Å²) in [5.41, 5.74) is 2.10. The number of allylic oxidation sites excluding steroid dienone is 1. The fourth-order valence-electron chi connectivity index (χ4n) is 3.44. The average molecular weight is 493 g/mol. The van der Waals surface area contributed by atoms with E-state index in [1.54, 1.807) is 79.9 Å². The standard InChI is InChI=1S/C30H24N2O5/c1-36-28-12-6-5-8-22(28)15-18-27(33)21-13-16-24(17-14-21)31-30(35)26(20-25-11-7-19-37-25)32-29(34)23-9-3-2-4-10-23/h2-20H,1H3,(H,31,35)(H,32,34)/b18-15+,26-20-. The lowest BCUT2D eigenvalue weighted by molar-refractivity contribution is -0.113. The predicted molar refractivity (Wildman–Crippen MR) is 142 cm³/mol. The second kappa shape index (κ2) is 12.0. The maximum Gasteiger partial charge on any atom is 0.272 e. The van der Waals surface area contributed by atoms with Gasteiger partial charge in [-0.25, -0.2) is 0 Å². The van der Waals surface area contributed by atoms with Crippen molar-refractivity contribution < 1.29 is 23.5 Å². The molecule has 184 valence electrons. The van der Waals surface area contributed by atoms with Crippen molar-refractivity contribution in [3.63, 3.8) is 0 Å². The third-order valence-corrected chi connectivity index (χ3v) is 5.34. The zero-order chi connectivity index (χ0) is 26.0. The molecule has 0 saturated heterocycles. The van der Waals surface area contributed by atoms with Gasteiger partial charge in [0.25, 0.3) is 11.8 Å². The number of rotatable bonds is 9. The van der Waals surface area contributed by atoms with Crippen molar-refractivity contribution in [3.05, 3.63) is 131 Å². The van der Waals surface area contributed by atoms with Crippen LogP contribution in [0.15, 0.2) is 113 Å². The number of hydrogen-bond acceptors (Lipinski definition) is 5. The first kappa shape index (κ1) is 24.9. The number of carbonyl (C=O) groups excluding carboxylic acids is 3. The summed E-state index contributed by atoms with van der Waals surface area (Å²) in [4.78, 5) is 38.3. The summed E-state index contributed by atoms with van der Waals surface area (Å²) in [5, 5.41) is 5.38. The molecule has 0 spiro atoms. The van der Waals surface area contributed by atoms with Crippen LogP contribution in [0.25, 0.3) is 12.2 Å². The first-order valence-electron chi connectivity index (χ1n) is 11.4. The zero-order valence-corrected chi connectivity index (χ0v) is 20.0. The van der Waals surface area contributed by atoms with Crippen LogP contribution < -0.4 is 15.4 Å². The number of nitrogens with one attached hydrogen (secondary N) is 2.